The molecule has 0 fully saturated rings. The lowest BCUT2D eigenvalue weighted by Crippen LogP contribution is -2.39. The summed E-state index contributed by atoms with van der Waals surface area (Å²) in [7, 11) is 1.85. The number of nitrogens with zero attached hydrogens (tertiary/aromatic N) is 7. The Labute approximate surface area is 326 Å². The summed E-state index contributed by atoms with van der Waals surface area (Å²) in [5.41, 5.74) is 6.03. The van der Waals surface area contributed by atoms with Crippen LogP contribution in [0.15, 0.2) is 140 Å². The lowest BCUT2D eigenvalue weighted by Gasteiger charge is -2.36. The SMILES string of the molecule is CNc1cc(/C2=C\CN(C(=O)OC(C)(C)C)CCOc3cccc(c3)Cn3cc2cn3)c2nnn(C(c3ccccc3)(c3ccccc3)c3ccccc3)c2n1. The Morgan fingerprint density at radius 3 is 2.12 bits per heavy atom. The maximum atomic E-state index is 13.7. The van der Waals surface area contributed by atoms with Gasteiger partial charge in [0, 0.05) is 30.9 Å². The summed E-state index contributed by atoms with van der Waals surface area (Å²) in [6, 6.07) is 41.0. The first-order valence-corrected chi connectivity index (χ1v) is 18.8. The summed E-state index contributed by atoms with van der Waals surface area (Å²) < 4.78 is 15.9. The minimum absolute atomic E-state index is 0.230. The lowest BCUT2D eigenvalue weighted by atomic mass is 9.77. The van der Waals surface area contributed by atoms with Crippen molar-refractivity contribution in [1.82, 2.24) is 34.7 Å². The Kier molecular flexibility index (Phi) is 9.82. The number of hydrogen-bond donors (Lipinski definition) is 1. The van der Waals surface area contributed by atoms with Crippen LogP contribution < -0.4 is 10.1 Å². The lowest BCUT2D eigenvalue weighted by molar-refractivity contribution is 0.0249. The van der Waals surface area contributed by atoms with Crippen molar-refractivity contribution in [2.45, 2.75) is 38.5 Å². The fraction of sp³-hybridized carbons (Fsp3) is 0.222. The monoisotopic (exact) mass is 744 g/mol. The number of aromatic nitrogens is 6. The maximum absolute atomic E-state index is 13.7. The normalized spacial score (nSPS) is 14.6. The van der Waals surface area contributed by atoms with Gasteiger partial charge in [-0.3, -0.25) is 4.68 Å². The van der Waals surface area contributed by atoms with E-state index in [4.69, 9.17) is 29.9 Å². The first-order chi connectivity index (χ1) is 27.2. The van der Waals surface area contributed by atoms with Crippen LogP contribution >= 0.6 is 0 Å². The quantitative estimate of drug-likeness (QED) is 0.171. The number of ether oxygens (including phenoxy) is 2. The molecule has 7 aromatic rings. The molecule has 0 aliphatic carbocycles. The highest BCUT2D eigenvalue weighted by Crippen LogP contribution is 2.42. The number of hydrogen-bond acceptors (Lipinski definition) is 8. The number of pyridine rings is 1. The predicted octanol–water partition coefficient (Wildman–Crippen LogP) is 8.01. The molecule has 0 saturated carbocycles. The minimum atomic E-state index is -0.945. The van der Waals surface area contributed by atoms with Crippen LogP contribution in [-0.4, -0.2) is 73.1 Å². The van der Waals surface area contributed by atoms with Gasteiger partial charge in [0.2, 0.25) is 0 Å². The zero-order valence-electron chi connectivity index (χ0n) is 32.0. The van der Waals surface area contributed by atoms with E-state index in [1.54, 1.807) is 4.90 Å². The van der Waals surface area contributed by atoms with Gasteiger partial charge in [-0.25, -0.2) is 14.5 Å². The first-order valence-electron chi connectivity index (χ1n) is 18.8. The van der Waals surface area contributed by atoms with E-state index in [9.17, 15) is 4.79 Å². The first kappa shape index (κ1) is 36.2. The Hall–Kier alpha value is -6.75. The highest BCUT2D eigenvalue weighted by molar-refractivity contribution is 5.94. The molecule has 282 valence electrons. The maximum Gasteiger partial charge on any atom is 0.410 e. The van der Waals surface area contributed by atoms with Gasteiger partial charge >= 0.3 is 6.09 Å². The molecule has 0 unspecified atom stereocenters. The number of benzene rings is 4. The van der Waals surface area contributed by atoms with E-state index in [0.29, 0.717) is 30.1 Å². The predicted molar refractivity (Wildman–Crippen MR) is 218 cm³/mol. The van der Waals surface area contributed by atoms with Gasteiger partial charge < -0.3 is 19.7 Å². The van der Waals surface area contributed by atoms with Gasteiger partial charge in [-0.1, -0.05) is 114 Å². The Morgan fingerprint density at radius 1 is 0.839 bits per heavy atom. The van der Waals surface area contributed by atoms with Gasteiger partial charge in [-0.2, -0.15) is 5.10 Å². The number of nitrogens with one attached hydrogen (secondary N) is 1. The number of anilines is 1. The number of carbonyl (C=O) groups is 1. The van der Waals surface area contributed by atoms with Gasteiger partial charge in [-0.15, -0.1) is 5.10 Å². The number of fused-ring (bicyclic) bond motifs is 5. The van der Waals surface area contributed by atoms with Gasteiger partial charge in [0.15, 0.2) is 5.65 Å². The average Bonchev–Trinajstić information content (AvgIpc) is 3.85. The molecule has 1 N–H and O–H groups in total. The van der Waals surface area contributed by atoms with Crippen molar-refractivity contribution in [2.24, 2.45) is 0 Å². The third-order valence-corrected chi connectivity index (χ3v) is 9.83. The molecule has 4 aromatic carbocycles. The van der Waals surface area contributed by atoms with Gasteiger partial charge in [0.05, 0.1) is 19.3 Å². The van der Waals surface area contributed by atoms with Crippen molar-refractivity contribution in [3.05, 3.63) is 173 Å². The number of amides is 1. The van der Waals surface area contributed by atoms with E-state index < -0.39 is 17.2 Å². The van der Waals surface area contributed by atoms with E-state index in [-0.39, 0.29) is 13.2 Å². The zero-order valence-corrected chi connectivity index (χ0v) is 32.0. The third kappa shape index (κ3) is 7.11. The van der Waals surface area contributed by atoms with Crippen molar-refractivity contribution in [1.29, 1.82) is 0 Å². The smallest absolute Gasteiger partial charge is 0.410 e. The van der Waals surface area contributed by atoms with Crippen LogP contribution in [0.1, 0.15) is 54.2 Å². The van der Waals surface area contributed by atoms with Crippen molar-refractivity contribution in [3.63, 3.8) is 0 Å². The molecule has 8 rings (SSSR count). The highest BCUT2D eigenvalue weighted by atomic mass is 16.6. The second-order valence-corrected chi connectivity index (χ2v) is 14.8. The van der Waals surface area contributed by atoms with Crippen molar-refractivity contribution >= 4 is 28.6 Å². The molecule has 0 spiro atoms. The van der Waals surface area contributed by atoms with E-state index in [1.165, 1.54) is 0 Å². The third-order valence-electron chi connectivity index (χ3n) is 9.83. The van der Waals surface area contributed by atoms with Crippen LogP contribution in [-0.2, 0) is 16.8 Å². The molecule has 1 aliphatic heterocycles. The highest BCUT2D eigenvalue weighted by Gasteiger charge is 2.41. The average molecular weight is 745 g/mol. The van der Waals surface area contributed by atoms with E-state index in [0.717, 1.165) is 44.7 Å². The fourth-order valence-electron chi connectivity index (χ4n) is 7.32. The van der Waals surface area contributed by atoms with Gasteiger partial charge in [0.25, 0.3) is 0 Å². The summed E-state index contributed by atoms with van der Waals surface area (Å²) in [4.78, 5) is 20.5. The van der Waals surface area contributed by atoms with Crippen LogP contribution in [0.4, 0.5) is 10.6 Å². The van der Waals surface area contributed by atoms with Gasteiger partial charge in [0.1, 0.15) is 34.8 Å². The molecule has 1 aliphatic rings. The molecule has 11 heteroatoms. The molecular formula is C45H44N8O3. The van der Waals surface area contributed by atoms with Crippen LogP contribution in [0.3, 0.4) is 0 Å². The second kappa shape index (κ2) is 15.2. The van der Waals surface area contributed by atoms with E-state index >= 15 is 0 Å². The molecule has 0 atom stereocenters. The van der Waals surface area contributed by atoms with Crippen molar-refractivity contribution < 1.29 is 14.3 Å². The standard InChI is InChI=1S/C45H44N8O3/c1-44(2,3)56-43(54)51-24-23-38(33-29-47-52(31-33)30-32-15-14-22-37(27-32)55-26-25-51)39-28-40(46-4)48-42-41(39)49-50-53(42)45(34-16-8-5-9-17-34,35-18-10-6-11-19-35)36-20-12-7-13-21-36/h5-23,27-29,31H,24-26,30H2,1-4H3,(H,46,48)/b38-23-. The molecule has 11 nitrogen and oxygen atoms in total. The number of rotatable bonds is 6. The van der Waals surface area contributed by atoms with E-state index in [2.05, 4.69) is 41.7 Å². The van der Waals surface area contributed by atoms with Crippen molar-refractivity contribution in [3.8, 4) is 5.75 Å². The number of carbonyl (C=O) groups excluding carboxylic acids is 1. The molecular weight excluding hydrogens is 701 g/mol. The summed E-state index contributed by atoms with van der Waals surface area (Å²) in [5, 5.41) is 18.0. The molecule has 0 saturated heterocycles. The summed E-state index contributed by atoms with van der Waals surface area (Å²) in [6.07, 6.45) is 5.46. The largest absolute Gasteiger partial charge is 0.492 e. The van der Waals surface area contributed by atoms with Crippen LogP contribution in [0.25, 0.3) is 16.7 Å². The molecule has 1 amide bonds. The minimum Gasteiger partial charge on any atom is -0.492 e. The Balaban J connectivity index is 1.36. The van der Waals surface area contributed by atoms with Crippen LogP contribution in [0, 0.1) is 0 Å². The Morgan fingerprint density at radius 2 is 1.50 bits per heavy atom. The summed E-state index contributed by atoms with van der Waals surface area (Å²) in [5.74, 6) is 1.35. The molecule has 56 heavy (non-hydrogen) atoms. The summed E-state index contributed by atoms with van der Waals surface area (Å²) >= 11 is 0. The Bertz CT molecular complexity index is 2390. The second-order valence-electron chi connectivity index (χ2n) is 14.8. The van der Waals surface area contributed by atoms with Crippen molar-refractivity contribution in [2.75, 3.05) is 32.1 Å². The van der Waals surface area contributed by atoms with Gasteiger partial charge in [-0.05, 0) is 66.8 Å². The molecule has 3 aromatic heterocycles. The van der Waals surface area contributed by atoms with Crippen LogP contribution in [0.5, 0.6) is 5.75 Å². The zero-order chi connectivity index (χ0) is 38.7. The van der Waals surface area contributed by atoms with E-state index in [1.807, 2.05) is 141 Å². The van der Waals surface area contributed by atoms with Crippen LogP contribution in [0.2, 0.25) is 0 Å². The molecule has 4 bridgehead atoms. The summed E-state index contributed by atoms with van der Waals surface area (Å²) in [6.45, 7) is 6.96. The topological polar surface area (TPSA) is 112 Å². The molecule has 4 heterocycles. The molecule has 0 radical (unpaired) electrons. The fourth-order valence-corrected chi connectivity index (χ4v) is 7.32.